The summed E-state index contributed by atoms with van der Waals surface area (Å²) in [7, 11) is 1.45. The molecule has 110 valence electrons. The molecule has 0 saturated carbocycles. The van der Waals surface area contributed by atoms with Crippen LogP contribution in [0, 0.1) is 0 Å². The SMILES string of the molecule is COc1ccc(Cl)cc1NC(=O)C(=O)NCc1ccco1. The van der Waals surface area contributed by atoms with Gasteiger partial charge in [0.2, 0.25) is 0 Å². The highest BCUT2D eigenvalue weighted by molar-refractivity contribution is 6.40. The number of nitrogens with one attached hydrogen (secondary N) is 2. The second-order valence-electron chi connectivity index (χ2n) is 4.06. The molecule has 2 N–H and O–H groups in total. The van der Waals surface area contributed by atoms with Crippen LogP contribution in [0.1, 0.15) is 5.76 Å². The van der Waals surface area contributed by atoms with Gasteiger partial charge in [-0.25, -0.2) is 0 Å². The van der Waals surface area contributed by atoms with E-state index in [1.165, 1.54) is 19.4 Å². The largest absolute Gasteiger partial charge is 0.495 e. The molecule has 7 heteroatoms. The number of amides is 2. The fraction of sp³-hybridized carbons (Fsp3) is 0.143. The Kier molecular flexibility index (Phi) is 4.84. The highest BCUT2D eigenvalue weighted by Gasteiger charge is 2.16. The lowest BCUT2D eigenvalue weighted by atomic mass is 10.3. The molecule has 0 aliphatic rings. The quantitative estimate of drug-likeness (QED) is 0.849. The van der Waals surface area contributed by atoms with Gasteiger partial charge in [0, 0.05) is 5.02 Å². The van der Waals surface area contributed by atoms with Gasteiger partial charge in [0.25, 0.3) is 0 Å². The smallest absolute Gasteiger partial charge is 0.313 e. The number of hydrogen-bond donors (Lipinski definition) is 2. The molecule has 0 unspecified atom stereocenters. The van der Waals surface area contributed by atoms with E-state index >= 15 is 0 Å². The van der Waals surface area contributed by atoms with Crippen molar-refractivity contribution in [2.24, 2.45) is 0 Å². The number of furan rings is 1. The van der Waals surface area contributed by atoms with Crippen LogP contribution < -0.4 is 15.4 Å². The van der Waals surface area contributed by atoms with E-state index in [0.29, 0.717) is 22.2 Å². The average Bonchev–Trinajstić information content (AvgIpc) is 2.98. The molecule has 0 radical (unpaired) electrons. The van der Waals surface area contributed by atoms with E-state index in [1.54, 1.807) is 24.3 Å². The molecule has 0 atom stereocenters. The Morgan fingerprint density at radius 3 is 2.76 bits per heavy atom. The van der Waals surface area contributed by atoms with Gasteiger partial charge >= 0.3 is 11.8 Å². The summed E-state index contributed by atoms with van der Waals surface area (Å²) in [5, 5.41) is 5.30. The summed E-state index contributed by atoms with van der Waals surface area (Å²) in [6.07, 6.45) is 1.48. The van der Waals surface area contributed by atoms with Gasteiger partial charge in [-0.05, 0) is 30.3 Å². The van der Waals surface area contributed by atoms with Gasteiger partial charge in [-0.1, -0.05) is 11.6 Å². The summed E-state index contributed by atoms with van der Waals surface area (Å²) in [4.78, 5) is 23.5. The molecular weight excluding hydrogens is 296 g/mol. The van der Waals surface area contributed by atoms with Crippen LogP contribution in [0.2, 0.25) is 5.02 Å². The zero-order valence-corrected chi connectivity index (χ0v) is 11.9. The fourth-order valence-corrected chi connectivity index (χ4v) is 1.79. The first-order valence-corrected chi connectivity index (χ1v) is 6.43. The monoisotopic (exact) mass is 308 g/mol. The Labute approximate surface area is 126 Å². The molecule has 1 aromatic heterocycles. The molecule has 21 heavy (non-hydrogen) atoms. The molecule has 0 aliphatic carbocycles. The maximum atomic E-state index is 11.8. The van der Waals surface area contributed by atoms with Crippen molar-refractivity contribution in [3.8, 4) is 5.75 Å². The topological polar surface area (TPSA) is 80.6 Å². The summed E-state index contributed by atoms with van der Waals surface area (Å²) in [6.45, 7) is 0.131. The second-order valence-corrected chi connectivity index (χ2v) is 4.50. The van der Waals surface area contributed by atoms with Gasteiger partial charge < -0.3 is 19.8 Å². The van der Waals surface area contributed by atoms with Crippen molar-refractivity contribution in [2.45, 2.75) is 6.54 Å². The predicted molar refractivity (Wildman–Crippen MR) is 77.2 cm³/mol. The van der Waals surface area contributed by atoms with Crippen molar-refractivity contribution < 1.29 is 18.7 Å². The third kappa shape index (κ3) is 4.00. The third-order valence-electron chi connectivity index (χ3n) is 2.62. The number of carbonyl (C=O) groups is 2. The number of benzene rings is 1. The first-order valence-electron chi connectivity index (χ1n) is 6.05. The predicted octanol–water partition coefficient (Wildman–Crippen LogP) is 2.20. The lowest BCUT2D eigenvalue weighted by molar-refractivity contribution is -0.136. The molecule has 6 nitrogen and oxygen atoms in total. The van der Waals surface area contributed by atoms with Crippen molar-refractivity contribution in [1.29, 1.82) is 0 Å². The molecule has 0 fully saturated rings. The van der Waals surface area contributed by atoms with Gasteiger partial charge in [0.05, 0.1) is 25.6 Å². The fourth-order valence-electron chi connectivity index (χ4n) is 1.62. The van der Waals surface area contributed by atoms with Gasteiger partial charge in [-0.2, -0.15) is 0 Å². The van der Waals surface area contributed by atoms with Crippen LogP contribution in [-0.4, -0.2) is 18.9 Å². The minimum Gasteiger partial charge on any atom is -0.495 e. The Hall–Kier alpha value is -2.47. The average molecular weight is 309 g/mol. The molecular formula is C14H13ClN2O4. The Morgan fingerprint density at radius 1 is 1.29 bits per heavy atom. The van der Waals surface area contributed by atoms with Crippen LogP contribution >= 0.6 is 11.6 Å². The highest BCUT2D eigenvalue weighted by atomic mass is 35.5. The van der Waals surface area contributed by atoms with Gasteiger partial charge in [-0.15, -0.1) is 0 Å². The molecule has 2 amide bonds. The summed E-state index contributed by atoms with van der Waals surface area (Å²) < 4.78 is 10.1. The third-order valence-corrected chi connectivity index (χ3v) is 2.85. The Bertz CT molecular complexity index is 640. The van der Waals surface area contributed by atoms with Crippen LogP contribution in [0.4, 0.5) is 5.69 Å². The van der Waals surface area contributed by atoms with E-state index in [2.05, 4.69) is 10.6 Å². The maximum Gasteiger partial charge on any atom is 0.313 e. The standard InChI is InChI=1S/C14H13ClN2O4/c1-20-12-5-4-9(15)7-11(12)17-14(19)13(18)16-8-10-3-2-6-21-10/h2-7H,8H2,1H3,(H,16,18)(H,17,19). The zero-order valence-electron chi connectivity index (χ0n) is 11.2. The zero-order chi connectivity index (χ0) is 15.2. The Balaban J connectivity index is 1.97. The van der Waals surface area contributed by atoms with E-state index < -0.39 is 11.8 Å². The van der Waals surface area contributed by atoms with Crippen LogP contribution in [0.15, 0.2) is 41.0 Å². The molecule has 1 aromatic carbocycles. The lowest BCUT2D eigenvalue weighted by Gasteiger charge is -2.10. The molecule has 2 rings (SSSR count). The van der Waals surface area contributed by atoms with Crippen LogP contribution in [0.25, 0.3) is 0 Å². The number of rotatable bonds is 4. The van der Waals surface area contributed by atoms with E-state index in [9.17, 15) is 9.59 Å². The van der Waals surface area contributed by atoms with Crippen molar-refractivity contribution in [3.63, 3.8) is 0 Å². The van der Waals surface area contributed by atoms with Crippen LogP contribution in [0.3, 0.4) is 0 Å². The molecule has 2 aromatic rings. The van der Waals surface area contributed by atoms with Crippen molar-refractivity contribution >= 4 is 29.1 Å². The van der Waals surface area contributed by atoms with Gasteiger partial charge in [0.15, 0.2) is 0 Å². The summed E-state index contributed by atoms with van der Waals surface area (Å²) in [5.74, 6) is -0.640. The molecule has 1 heterocycles. The minimum absolute atomic E-state index is 0.131. The number of methoxy groups -OCH3 is 1. The van der Waals surface area contributed by atoms with Crippen LogP contribution in [0.5, 0.6) is 5.75 Å². The van der Waals surface area contributed by atoms with Crippen LogP contribution in [-0.2, 0) is 16.1 Å². The summed E-state index contributed by atoms with van der Waals surface area (Å²) in [6, 6.07) is 8.10. The molecule has 0 spiro atoms. The summed E-state index contributed by atoms with van der Waals surface area (Å²) in [5.41, 5.74) is 0.322. The highest BCUT2D eigenvalue weighted by Crippen LogP contribution is 2.27. The number of anilines is 1. The first-order chi connectivity index (χ1) is 10.1. The Morgan fingerprint density at radius 2 is 2.10 bits per heavy atom. The molecule has 0 bridgehead atoms. The van der Waals surface area contributed by atoms with E-state index in [1.807, 2.05) is 0 Å². The number of ether oxygens (including phenoxy) is 1. The van der Waals surface area contributed by atoms with E-state index in [-0.39, 0.29) is 6.54 Å². The van der Waals surface area contributed by atoms with E-state index in [4.69, 9.17) is 20.8 Å². The maximum absolute atomic E-state index is 11.8. The van der Waals surface area contributed by atoms with Gasteiger partial charge in [-0.3, -0.25) is 9.59 Å². The number of carbonyl (C=O) groups excluding carboxylic acids is 2. The van der Waals surface area contributed by atoms with E-state index in [0.717, 1.165) is 0 Å². The molecule has 0 aliphatic heterocycles. The first kappa shape index (κ1) is 14.9. The van der Waals surface area contributed by atoms with Crippen molar-refractivity contribution in [2.75, 3.05) is 12.4 Å². The van der Waals surface area contributed by atoms with Crippen molar-refractivity contribution in [3.05, 3.63) is 47.4 Å². The second kappa shape index (κ2) is 6.81. The number of halogens is 1. The van der Waals surface area contributed by atoms with Gasteiger partial charge in [0.1, 0.15) is 11.5 Å². The molecule has 0 saturated heterocycles. The van der Waals surface area contributed by atoms with Crippen molar-refractivity contribution in [1.82, 2.24) is 5.32 Å². The summed E-state index contributed by atoms with van der Waals surface area (Å²) >= 11 is 5.85. The minimum atomic E-state index is -0.817. The normalized spacial score (nSPS) is 10.0. The number of hydrogen-bond acceptors (Lipinski definition) is 4. The lowest BCUT2D eigenvalue weighted by Crippen LogP contribution is -2.34.